The molecule has 1 saturated heterocycles. The Labute approximate surface area is 179 Å². The molecule has 3 aliphatic carbocycles. The molecule has 4 fully saturated rings. The van der Waals surface area contributed by atoms with E-state index < -0.39 is 62.6 Å². The molecule has 1 aliphatic heterocycles. The van der Waals surface area contributed by atoms with Crippen molar-refractivity contribution in [3.8, 4) is 0 Å². The van der Waals surface area contributed by atoms with Crippen molar-refractivity contribution >= 4 is 0 Å². The molecule has 174 valence electrons. The number of rotatable bonds is 1. The second-order valence-corrected chi connectivity index (χ2v) is 12.2. The largest absolute Gasteiger partial charge is 0.390 e. The first-order valence-corrected chi connectivity index (χ1v) is 11.3. The molecule has 0 aromatic rings. The number of fused-ring (bicyclic) bond motifs is 8. The first-order valence-electron chi connectivity index (χ1n) is 11.3. The van der Waals surface area contributed by atoms with Crippen molar-refractivity contribution in [2.75, 3.05) is 0 Å². The third-order valence-corrected chi connectivity index (χ3v) is 11.1. The van der Waals surface area contributed by atoms with Crippen molar-refractivity contribution in [3.63, 3.8) is 0 Å². The lowest BCUT2D eigenvalue weighted by atomic mass is 9.37. The van der Waals surface area contributed by atoms with E-state index in [0.717, 1.165) is 0 Å². The van der Waals surface area contributed by atoms with Crippen LogP contribution in [0.15, 0.2) is 0 Å². The number of ether oxygens (including phenoxy) is 1. The zero-order valence-electron chi connectivity index (χ0n) is 19.5. The summed E-state index contributed by atoms with van der Waals surface area (Å²) < 4.78 is 6.37. The molecule has 4 bridgehead atoms. The van der Waals surface area contributed by atoms with E-state index in [2.05, 4.69) is 0 Å². The highest BCUT2D eigenvalue weighted by Gasteiger charge is 2.95. The molecule has 1 heterocycles. The minimum absolute atomic E-state index is 0.171. The molecule has 4 aliphatic rings. The Balaban J connectivity index is 2.13. The minimum atomic E-state index is -2.01. The van der Waals surface area contributed by atoms with E-state index >= 15 is 0 Å². The van der Waals surface area contributed by atoms with Gasteiger partial charge in [-0.3, -0.25) is 0 Å². The Kier molecular flexibility index (Phi) is 4.15. The summed E-state index contributed by atoms with van der Waals surface area (Å²) in [6.45, 7) is 13.7. The van der Waals surface area contributed by atoms with E-state index in [1.165, 1.54) is 0 Å². The summed E-state index contributed by atoms with van der Waals surface area (Å²) in [7, 11) is 0. The van der Waals surface area contributed by atoms with E-state index in [0.29, 0.717) is 6.42 Å². The molecule has 7 nitrogen and oxygen atoms in total. The lowest BCUT2D eigenvalue weighted by molar-refractivity contribution is -0.488. The monoisotopic (exact) mass is 428 g/mol. The van der Waals surface area contributed by atoms with Gasteiger partial charge in [-0.25, -0.2) is 0 Å². The summed E-state index contributed by atoms with van der Waals surface area (Å²) in [6.07, 6.45) is -2.18. The minimum Gasteiger partial charge on any atom is -0.390 e. The standard InChI is InChI=1S/C23H40O7/c1-12(2)22(28)15(25)23(29)16(4,5)19(22,8)21(27)11-17(23,6)20(26)10-9-13(3)14(24)18(20,7)30-21/h12-15,24-29H,9-11H2,1-8H3/t13?,14?,15?,17-,18?,19?,20?,21?,22?,23?/m0/s1. The van der Waals surface area contributed by atoms with Gasteiger partial charge in [0.1, 0.15) is 28.5 Å². The first kappa shape index (κ1) is 22.9. The molecule has 0 aromatic heterocycles. The molecule has 4 rings (SSSR count). The van der Waals surface area contributed by atoms with Crippen LogP contribution in [-0.2, 0) is 4.74 Å². The first-order chi connectivity index (χ1) is 13.3. The Hall–Kier alpha value is -0.280. The molecular formula is C23H40O7. The number of aliphatic hydroxyl groups excluding tert-OH is 2. The van der Waals surface area contributed by atoms with E-state index in [1.54, 1.807) is 48.5 Å². The Morgan fingerprint density at radius 2 is 1.47 bits per heavy atom. The number of hydrogen-bond donors (Lipinski definition) is 6. The lowest BCUT2D eigenvalue weighted by Crippen LogP contribution is -2.87. The molecule has 6 N–H and O–H groups in total. The van der Waals surface area contributed by atoms with Gasteiger partial charge in [-0.2, -0.15) is 0 Å². The van der Waals surface area contributed by atoms with Crippen molar-refractivity contribution in [2.45, 2.75) is 115 Å². The second-order valence-electron chi connectivity index (χ2n) is 12.2. The summed E-state index contributed by atoms with van der Waals surface area (Å²) in [5.41, 5.74) is -11.4. The maximum absolute atomic E-state index is 12.4. The molecule has 0 amide bonds. The summed E-state index contributed by atoms with van der Waals surface area (Å²) >= 11 is 0. The molecule has 9 unspecified atom stereocenters. The van der Waals surface area contributed by atoms with Crippen LogP contribution in [0.1, 0.15) is 74.7 Å². The molecule has 0 aromatic carbocycles. The van der Waals surface area contributed by atoms with Crippen molar-refractivity contribution in [3.05, 3.63) is 0 Å². The number of hydrogen-bond acceptors (Lipinski definition) is 7. The highest BCUT2D eigenvalue weighted by atomic mass is 16.7. The van der Waals surface area contributed by atoms with Crippen LogP contribution in [0.2, 0.25) is 0 Å². The van der Waals surface area contributed by atoms with Crippen LogP contribution in [0.3, 0.4) is 0 Å². The van der Waals surface area contributed by atoms with E-state index in [1.807, 2.05) is 6.92 Å². The van der Waals surface area contributed by atoms with E-state index in [9.17, 15) is 30.6 Å². The topological polar surface area (TPSA) is 131 Å². The van der Waals surface area contributed by atoms with Gasteiger partial charge >= 0.3 is 0 Å². The molecule has 3 saturated carbocycles. The third-order valence-electron chi connectivity index (χ3n) is 11.1. The van der Waals surface area contributed by atoms with Gasteiger partial charge < -0.3 is 35.4 Å². The summed E-state index contributed by atoms with van der Waals surface area (Å²) in [6, 6.07) is 0. The van der Waals surface area contributed by atoms with E-state index in [-0.39, 0.29) is 18.8 Å². The quantitative estimate of drug-likeness (QED) is 0.366. The van der Waals surface area contributed by atoms with Crippen LogP contribution in [0.5, 0.6) is 0 Å². The Morgan fingerprint density at radius 3 is 1.97 bits per heavy atom. The predicted octanol–water partition coefficient (Wildman–Crippen LogP) is 0.921. The molecule has 7 heteroatoms. The van der Waals surface area contributed by atoms with Crippen molar-refractivity contribution < 1.29 is 35.4 Å². The van der Waals surface area contributed by atoms with Gasteiger partial charge in [0.25, 0.3) is 0 Å². The fourth-order valence-corrected chi connectivity index (χ4v) is 8.84. The van der Waals surface area contributed by atoms with Crippen LogP contribution >= 0.6 is 0 Å². The summed E-state index contributed by atoms with van der Waals surface area (Å²) in [4.78, 5) is 0. The normalized spacial score (nSPS) is 64.3. The van der Waals surface area contributed by atoms with Crippen LogP contribution < -0.4 is 0 Å². The van der Waals surface area contributed by atoms with Gasteiger partial charge in [0.2, 0.25) is 0 Å². The van der Waals surface area contributed by atoms with Gasteiger partial charge in [-0.05, 0) is 31.6 Å². The van der Waals surface area contributed by atoms with Crippen LogP contribution in [0, 0.1) is 28.1 Å². The molecule has 0 spiro atoms. The number of aliphatic hydroxyl groups is 6. The zero-order valence-corrected chi connectivity index (χ0v) is 19.5. The van der Waals surface area contributed by atoms with Gasteiger partial charge in [0.15, 0.2) is 5.79 Å². The van der Waals surface area contributed by atoms with E-state index in [4.69, 9.17) is 4.74 Å². The van der Waals surface area contributed by atoms with Crippen molar-refractivity contribution in [1.29, 1.82) is 0 Å². The molecule has 10 atom stereocenters. The van der Waals surface area contributed by atoms with Crippen LogP contribution in [0.25, 0.3) is 0 Å². The average Bonchev–Trinajstić information content (AvgIpc) is 2.71. The fourth-order valence-electron chi connectivity index (χ4n) is 8.84. The average molecular weight is 429 g/mol. The summed E-state index contributed by atoms with van der Waals surface area (Å²) in [5.74, 6) is -2.73. The Morgan fingerprint density at radius 1 is 0.933 bits per heavy atom. The highest BCUT2D eigenvalue weighted by molar-refractivity contribution is 5.41. The maximum Gasteiger partial charge on any atom is 0.176 e. The SMILES string of the molecule is CC1CCC2(O)C(C)(OC3(O)C[C@]2(C)C2(O)C(O)C(O)(C(C)C)C3(C)C2(C)C)C1O. The molecule has 0 radical (unpaired) electrons. The van der Waals surface area contributed by atoms with Crippen molar-refractivity contribution in [1.82, 2.24) is 0 Å². The molecular weight excluding hydrogens is 388 g/mol. The van der Waals surface area contributed by atoms with Crippen LogP contribution in [-0.4, -0.2) is 71.0 Å². The van der Waals surface area contributed by atoms with Gasteiger partial charge in [-0.1, -0.05) is 48.5 Å². The van der Waals surface area contributed by atoms with Gasteiger partial charge in [-0.15, -0.1) is 0 Å². The third kappa shape index (κ3) is 1.67. The van der Waals surface area contributed by atoms with Crippen molar-refractivity contribution in [2.24, 2.45) is 28.1 Å². The second kappa shape index (κ2) is 5.44. The summed E-state index contributed by atoms with van der Waals surface area (Å²) in [5, 5.41) is 71.6. The predicted molar refractivity (Wildman–Crippen MR) is 109 cm³/mol. The van der Waals surface area contributed by atoms with Crippen LogP contribution in [0.4, 0.5) is 0 Å². The smallest absolute Gasteiger partial charge is 0.176 e. The zero-order chi connectivity index (χ0) is 23.1. The fraction of sp³-hybridized carbons (Fsp3) is 1.00. The highest BCUT2D eigenvalue weighted by Crippen LogP contribution is 2.82. The maximum atomic E-state index is 12.4. The Bertz CT molecular complexity index is 786. The lowest BCUT2D eigenvalue weighted by Gasteiger charge is -2.76. The molecule has 30 heavy (non-hydrogen) atoms. The van der Waals surface area contributed by atoms with Gasteiger partial charge in [0, 0.05) is 17.3 Å². The van der Waals surface area contributed by atoms with Gasteiger partial charge in [0.05, 0.1) is 11.5 Å².